The van der Waals surface area contributed by atoms with Crippen LogP contribution in [0.25, 0.3) is 11.3 Å². The van der Waals surface area contributed by atoms with Gasteiger partial charge in [0.05, 0.1) is 5.69 Å². The summed E-state index contributed by atoms with van der Waals surface area (Å²) in [6.07, 6.45) is 3.56. The Morgan fingerprint density at radius 2 is 2.11 bits per heavy atom. The molecular weight excluding hydrogens is 222 g/mol. The number of aromatic amines is 1. The molecule has 2 N–H and O–H groups in total. The molecule has 1 atom stereocenters. The summed E-state index contributed by atoms with van der Waals surface area (Å²) in [5.74, 6) is 1.10. The maximum Gasteiger partial charge on any atom is 0.108 e. The van der Waals surface area contributed by atoms with Crippen molar-refractivity contribution >= 4 is 0 Å². The molecule has 1 aliphatic heterocycles. The molecule has 0 aliphatic carbocycles. The van der Waals surface area contributed by atoms with E-state index in [9.17, 15) is 0 Å². The number of rotatable bonds is 3. The van der Waals surface area contributed by atoms with Crippen molar-refractivity contribution in [3.8, 4) is 11.3 Å². The Bertz CT molecular complexity index is 510. The minimum atomic E-state index is 0.596. The fourth-order valence-electron chi connectivity index (χ4n) is 2.66. The van der Waals surface area contributed by atoms with Crippen LogP contribution in [-0.2, 0) is 6.42 Å². The van der Waals surface area contributed by atoms with E-state index in [-0.39, 0.29) is 0 Å². The molecule has 3 rings (SSSR count). The first-order chi connectivity index (χ1) is 8.83. The molecule has 0 bridgehead atoms. The lowest BCUT2D eigenvalue weighted by Gasteiger charge is -2.06. The van der Waals surface area contributed by atoms with Crippen LogP contribution in [0, 0.1) is 6.92 Å². The first-order valence-corrected chi connectivity index (χ1v) is 6.67. The maximum absolute atomic E-state index is 4.75. The van der Waals surface area contributed by atoms with Crippen LogP contribution >= 0.6 is 0 Å². The summed E-state index contributed by atoms with van der Waals surface area (Å²) in [6, 6.07) is 11.0. The van der Waals surface area contributed by atoms with E-state index in [1.807, 2.05) is 6.07 Å². The van der Waals surface area contributed by atoms with E-state index in [2.05, 4.69) is 41.5 Å². The highest BCUT2D eigenvalue weighted by molar-refractivity contribution is 5.61. The van der Waals surface area contributed by atoms with Gasteiger partial charge in [0.25, 0.3) is 0 Å². The quantitative estimate of drug-likeness (QED) is 0.867. The van der Waals surface area contributed by atoms with Crippen LogP contribution in [-0.4, -0.2) is 22.6 Å². The normalized spacial score (nSPS) is 19.3. The van der Waals surface area contributed by atoms with Crippen LogP contribution in [0.2, 0.25) is 0 Å². The van der Waals surface area contributed by atoms with E-state index in [0.717, 1.165) is 30.2 Å². The van der Waals surface area contributed by atoms with Crippen molar-refractivity contribution in [1.82, 2.24) is 15.3 Å². The monoisotopic (exact) mass is 241 g/mol. The van der Waals surface area contributed by atoms with Crippen molar-refractivity contribution in [2.24, 2.45) is 0 Å². The Balaban J connectivity index is 1.82. The van der Waals surface area contributed by atoms with Crippen molar-refractivity contribution in [2.75, 3.05) is 6.54 Å². The Hall–Kier alpha value is -1.61. The number of aromatic nitrogens is 2. The highest BCUT2D eigenvalue weighted by Crippen LogP contribution is 2.21. The van der Waals surface area contributed by atoms with Crippen LogP contribution in [0.1, 0.15) is 24.4 Å². The third kappa shape index (κ3) is 2.31. The van der Waals surface area contributed by atoms with Gasteiger partial charge in [-0.15, -0.1) is 0 Å². The second-order valence-electron chi connectivity index (χ2n) is 5.02. The SMILES string of the molecule is Cc1[nH]c(CC2CCCN2)nc1-c1ccccc1. The van der Waals surface area contributed by atoms with E-state index in [1.54, 1.807) is 0 Å². The molecule has 2 heterocycles. The van der Waals surface area contributed by atoms with Gasteiger partial charge in [0, 0.05) is 23.7 Å². The minimum Gasteiger partial charge on any atom is -0.346 e. The summed E-state index contributed by atoms with van der Waals surface area (Å²) >= 11 is 0. The molecule has 2 aromatic rings. The number of hydrogen-bond donors (Lipinski definition) is 2. The Kier molecular flexibility index (Phi) is 3.15. The molecule has 0 amide bonds. The summed E-state index contributed by atoms with van der Waals surface area (Å²) < 4.78 is 0. The molecule has 1 aliphatic rings. The highest BCUT2D eigenvalue weighted by atomic mass is 15.0. The van der Waals surface area contributed by atoms with E-state index >= 15 is 0 Å². The standard InChI is InChI=1S/C15H19N3/c1-11-15(12-6-3-2-4-7-12)18-14(17-11)10-13-8-5-9-16-13/h2-4,6-7,13,16H,5,8-10H2,1H3,(H,17,18). The summed E-state index contributed by atoms with van der Waals surface area (Å²) in [5, 5.41) is 3.51. The van der Waals surface area contributed by atoms with Gasteiger partial charge in [0.2, 0.25) is 0 Å². The molecule has 1 fully saturated rings. The molecule has 3 nitrogen and oxygen atoms in total. The number of imidazole rings is 1. The van der Waals surface area contributed by atoms with Gasteiger partial charge in [-0.25, -0.2) is 4.98 Å². The zero-order valence-corrected chi connectivity index (χ0v) is 10.7. The molecule has 1 aromatic carbocycles. The highest BCUT2D eigenvalue weighted by Gasteiger charge is 2.17. The second kappa shape index (κ2) is 4.94. The van der Waals surface area contributed by atoms with E-state index in [4.69, 9.17) is 4.98 Å². The molecule has 1 unspecified atom stereocenters. The van der Waals surface area contributed by atoms with Crippen molar-refractivity contribution in [3.63, 3.8) is 0 Å². The number of nitrogens with one attached hydrogen (secondary N) is 2. The van der Waals surface area contributed by atoms with Gasteiger partial charge in [-0.1, -0.05) is 30.3 Å². The largest absolute Gasteiger partial charge is 0.346 e. The molecular formula is C15H19N3. The zero-order valence-electron chi connectivity index (χ0n) is 10.7. The Labute approximate surface area is 108 Å². The Morgan fingerprint density at radius 3 is 2.83 bits per heavy atom. The zero-order chi connectivity index (χ0) is 12.4. The van der Waals surface area contributed by atoms with Crippen LogP contribution in [0.5, 0.6) is 0 Å². The maximum atomic E-state index is 4.75. The molecule has 0 spiro atoms. The van der Waals surface area contributed by atoms with Crippen molar-refractivity contribution < 1.29 is 0 Å². The lowest BCUT2D eigenvalue weighted by atomic mass is 10.1. The smallest absolute Gasteiger partial charge is 0.108 e. The first kappa shape index (κ1) is 11.5. The third-order valence-corrected chi connectivity index (χ3v) is 3.58. The summed E-state index contributed by atoms with van der Waals surface area (Å²) in [4.78, 5) is 8.17. The predicted octanol–water partition coefficient (Wildman–Crippen LogP) is 2.68. The fraction of sp³-hybridized carbons (Fsp3) is 0.400. The summed E-state index contributed by atoms with van der Waals surface area (Å²) in [7, 11) is 0. The molecule has 3 heteroatoms. The Morgan fingerprint density at radius 1 is 1.28 bits per heavy atom. The number of benzene rings is 1. The van der Waals surface area contributed by atoms with Gasteiger partial charge in [0.15, 0.2) is 0 Å². The number of aryl methyl sites for hydroxylation is 1. The van der Waals surface area contributed by atoms with Gasteiger partial charge < -0.3 is 10.3 Å². The second-order valence-corrected chi connectivity index (χ2v) is 5.02. The number of nitrogens with zero attached hydrogens (tertiary/aromatic N) is 1. The average molecular weight is 241 g/mol. The molecule has 1 saturated heterocycles. The van der Waals surface area contributed by atoms with Gasteiger partial charge in [-0.2, -0.15) is 0 Å². The summed E-state index contributed by atoms with van der Waals surface area (Å²) in [6.45, 7) is 3.25. The van der Waals surface area contributed by atoms with Crippen LogP contribution in [0.15, 0.2) is 30.3 Å². The molecule has 0 saturated carbocycles. The minimum absolute atomic E-state index is 0.596. The van der Waals surface area contributed by atoms with Crippen LogP contribution in [0.4, 0.5) is 0 Å². The number of H-pyrrole nitrogens is 1. The van der Waals surface area contributed by atoms with Crippen LogP contribution in [0.3, 0.4) is 0 Å². The van der Waals surface area contributed by atoms with Crippen molar-refractivity contribution in [2.45, 2.75) is 32.2 Å². The average Bonchev–Trinajstić information content (AvgIpc) is 3.01. The molecule has 94 valence electrons. The number of hydrogen-bond acceptors (Lipinski definition) is 2. The van der Waals surface area contributed by atoms with Crippen molar-refractivity contribution in [1.29, 1.82) is 0 Å². The summed E-state index contributed by atoms with van der Waals surface area (Å²) in [5.41, 5.74) is 3.44. The van der Waals surface area contributed by atoms with Gasteiger partial charge in [0.1, 0.15) is 5.82 Å². The lowest BCUT2D eigenvalue weighted by molar-refractivity contribution is 0.588. The van der Waals surface area contributed by atoms with Gasteiger partial charge in [-0.05, 0) is 26.3 Å². The molecule has 0 radical (unpaired) electrons. The molecule has 18 heavy (non-hydrogen) atoms. The first-order valence-electron chi connectivity index (χ1n) is 6.67. The van der Waals surface area contributed by atoms with Gasteiger partial charge in [-0.3, -0.25) is 0 Å². The molecule has 1 aromatic heterocycles. The topological polar surface area (TPSA) is 40.7 Å². The van der Waals surface area contributed by atoms with E-state index < -0.39 is 0 Å². The van der Waals surface area contributed by atoms with E-state index in [1.165, 1.54) is 18.4 Å². The van der Waals surface area contributed by atoms with Crippen LogP contribution < -0.4 is 5.32 Å². The lowest BCUT2D eigenvalue weighted by Crippen LogP contribution is -2.24. The van der Waals surface area contributed by atoms with E-state index in [0.29, 0.717) is 6.04 Å². The van der Waals surface area contributed by atoms with Crippen molar-refractivity contribution in [3.05, 3.63) is 41.9 Å². The van der Waals surface area contributed by atoms with Gasteiger partial charge >= 0.3 is 0 Å². The predicted molar refractivity (Wildman–Crippen MR) is 73.5 cm³/mol. The third-order valence-electron chi connectivity index (χ3n) is 3.58. The fourth-order valence-corrected chi connectivity index (χ4v) is 2.66.